The number of pyridine rings is 2. The van der Waals surface area contributed by atoms with Crippen LogP contribution in [0.2, 0.25) is 5.02 Å². The summed E-state index contributed by atoms with van der Waals surface area (Å²) in [7, 11) is 0. The van der Waals surface area contributed by atoms with Gasteiger partial charge in [0.25, 0.3) is 0 Å². The lowest BCUT2D eigenvalue weighted by atomic mass is 9.92. The molecule has 156 valence electrons. The summed E-state index contributed by atoms with van der Waals surface area (Å²) in [6.07, 6.45) is 8.30. The third-order valence-corrected chi connectivity index (χ3v) is 6.23. The number of aromatic nitrogens is 2. The van der Waals surface area contributed by atoms with Gasteiger partial charge in [0, 0.05) is 43.6 Å². The largest absolute Gasteiger partial charge is 0.381 e. The molecule has 1 saturated carbocycles. The molecule has 0 amide bonds. The van der Waals surface area contributed by atoms with Gasteiger partial charge in [0.2, 0.25) is 0 Å². The van der Waals surface area contributed by atoms with Crippen molar-refractivity contribution in [3.05, 3.63) is 35.5 Å². The molecule has 6 nitrogen and oxygen atoms in total. The number of ether oxygens (including phenoxy) is 1. The molecule has 2 fully saturated rings. The molecule has 0 radical (unpaired) electrons. The van der Waals surface area contributed by atoms with Crippen LogP contribution in [0.25, 0.3) is 11.3 Å². The molecule has 0 bridgehead atoms. The summed E-state index contributed by atoms with van der Waals surface area (Å²) in [4.78, 5) is 9.27. The van der Waals surface area contributed by atoms with Gasteiger partial charge in [-0.05, 0) is 68.7 Å². The first kappa shape index (κ1) is 20.4. The molecule has 4 N–H and O–H groups in total. The first-order valence-electron chi connectivity index (χ1n) is 10.6. The predicted molar refractivity (Wildman–Crippen MR) is 118 cm³/mol. The van der Waals surface area contributed by atoms with Gasteiger partial charge in [0.05, 0.1) is 10.7 Å². The van der Waals surface area contributed by atoms with Crippen LogP contribution in [0.1, 0.15) is 38.5 Å². The second-order valence-corrected chi connectivity index (χ2v) is 8.56. The van der Waals surface area contributed by atoms with Crippen molar-refractivity contribution in [2.75, 3.05) is 30.4 Å². The van der Waals surface area contributed by atoms with Gasteiger partial charge in [-0.1, -0.05) is 11.6 Å². The monoisotopic (exact) mass is 415 g/mol. The fourth-order valence-corrected chi connectivity index (χ4v) is 4.23. The highest BCUT2D eigenvalue weighted by Gasteiger charge is 2.19. The normalized spacial score (nSPS) is 23.0. The van der Waals surface area contributed by atoms with E-state index in [1.807, 2.05) is 24.4 Å². The van der Waals surface area contributed by atoms with E-state index in [0.717, 1.165) is 81.2 Å². The molecule has 0 spiro atoms. The Balaban J connectivity index is 1.43. The van der Waals surface area contributed by atoms with E-state index in [2.05, 4.69) is 21.7 Å². The van der Waals surface area contributed by atoms with Gasteiger partial charge in [0.1, 0.15) is 11.6 Å². The summed E-state index contributed by atoms with van der Waals surface area (Å²) >= 11 is 6.39. The van der Waals surface area contributed by atoms with Crippen molar-refractivity contribution in [3.63, 3.8) is 0 Å². The highest BCUT2D eigenvalue weighted by atomic mass is 35.5. The molecule has 7 heteroatoms. The molecule has 3 heterocycles. The van der Waals surface area contributed by atoms with Crippen molar-refractivity contribution >= 4 is 23.2 Å². The first-order valence-corrected chi connectivity index (χ1v) is 11.0. The Morgan fingerprint density at radius 3 is 2.66 bits per heavy atom. The van der Waals surface area contributed by atoms with E-state index in [1.54, 1.807) is 0 Å². The Bertz CT molecular complexity index is 804. The molecule has 1 aliphatic heterocycles. The van der Waals surface area contributed by atoms with Gasteiger partial charge in [-0.15, -0.1) is 0 Å². The number of anilines is 2. The number of nitrogens with one attached hydrogen (secondary N) is 2. The molecule has 4 rings (SSSR count). The van der Waals surface area contributed by atoms with E-state index in [4.69, 9.17) is 27.1 Å². The molecule has 0 aromatic carbocycles. The number of rotatable bonds is 6. The molecule has 1 aliphatic carbocycles. The zero-order chi connectivity index (χ0) is 20.1. The summed E-state index contributed by atoms with van der Waals surface area (Å²) in [6.45, 7) is 2.55. The maximum absolute atomic E-state index is 6.39. The predicted octanol–water partition coefficient (Wildman–Crippen LogP) is 4.32. The van der Waals surface area contributed by atoms with Gasteiger partial charge in [-0.3, -0.25) is 0 Å². The minimum atomic E-state index is 0.345. The highest BCUT2D eigenvalue weighted by molar-refractivity contribution is 6.33. The Morgan fingerprint density at radius 1 is 1.07 bits per heavy atom. The number of hydrogen-bond donors (Lipinski definition) is 3. The minimum Gasteiger partial charge on any atom is -0.381 e. The quantitative estimate of drug-likeness (QED) is 0.651. The van der Waals surface area contributed by atoms with Crippen molar-refractivity contribution in [2.45, 2.75) is 50.6 Å². The van der Waals surface area contributed by atoms with Crippen LogP contribution in [0.5, 0.6) is 0 Å². The molecular weight excluding hydrogens is 386 g/mol. The maximum Gasteiger partial charge on any atom is 0.145 e. The smallest absolute Gasteiger partial charge is 0.145 e. The molecule has 2 aliphatic rings. The van der Waals surface area contributed by atoms with E-state index in [0.29, 0.717) is 23.0 Å². The van der Waals surface area contributed by atoms with Crippen LogP contribution in [0, 0.1) is 5.92 Å². The number of hydrogen-bond acceptors (Lipinski definition) is 6. The van der Waals surface area contributed by atoms with Crippen LogP contribution in [-0.4, -0.2) is 41.8 Å². The van der Waals surface area contributed by atoms with Crippen LogP contribution in [0.3, 0.4) is 0 Å². The third kappa shape index (κ3) is 5.59. The van der Waals surface area contributed by atoms with Gasteiger partial charge >= 0.3 is 0 Å². The van der Waals surface area contributed by atoms with Crippen LogP contribution < -0.4 is 16.4 Å². The van der Waals surface area contributed by atoms with E-state index in [1.165, 1.54) is 0 Å². The van der Waals surface area contributed by atoms with Gasteiger partial charge < -0.3 is 21.1 Å². The van der Waals surface area contributed by atoms with Crippen molar-refractivity contribution in [1.29, 1.82) is 0 Å². The molecule has 29 heavy (non-hydrogen) atoms. The summed E-state index contributed by atoms with van der Waals surface area (Å²) in [5.41, 5.74) is 7.93. The van der Waals surface area contributed by atoms with Gasteiger partial charge in [-0.2, -0.15) is 0 Å². The van der Waals surface area contributed by atoms with E-state index >= 15 is 0 Å². The van der Waals surface area contributed by atoms with E-state index < -0.39 is 0 Å². The van der Waals surface area contributed by atoms with Crippen LogP contribution in [0.15, 0.2) is 30.5 Å². The molecular formula is C22H30ClN5O. The average molecular weight is 416 g/mol. The molecule has 2 aromatic heterocycles. The highest BCUT2D eigenvalue weighted by Crippen LogP contribution is 2.28. The molecule has 2 aromatic rings. The first-order chi connectivity index (χ1) is 14.2. The van der Waals surface area contributed by atoms with Crippen molar-refractivity contribution in [1.82, 2.24) is 9.97 Å². The number of nitrogens with two attached hydrogens (primary N) is 1. The van der Waals surface area contributed by atoms with E-state index in [9.17, 15) is 0 Å². The summed E-state index contributed by atoms with van der Waals surface area (Å²) in [5.74, 6) is 2.23. The third-order valence-electron chi connectivity index (χ3n) is 5.92. The molecule has 0 atom stereocenters. The Morgan fingerprint density at radius 2 is 1.86 bits per heavy atom. The second-order valence-electron chi connectivity index (χ2n) is 8.15. The van der Waals surface area contributed by atoms with Crippen molar-refractivity contribution < 1.29 is 4.74 Å². The zero-order valence-electron chi connectivity index (χ0n) is 16.7. The summed E-state index contributed by atoms with van der Waals surface area (Å²) in [5, 5.41) is 7.64. The van der Waals surface area contributed by atoms with Crippen LogP contribution in [0.4, 0.5) is 11.6 Å². The standard InChI is InChI=1S/C22H30ClN5O/c23-19-5-6-20(28-22(19)26-14-15-8-11-29-12-9-15)16-7-10-25-21(13-16)27-18-3-1-17(24)2-4-18/h5-7,10,13,15,17-18H,1-4,8-9,11-12,14,24H2,(H,25,27)(H,26,28). The van der Waals surface area contributed by atoms with Crippen LogP contribution in [-0.2, 0) is 4.74 Å². The lowest BCUT2D eigenvalue weighted by Crippen LogP contribution is -2.33. The fourth-order valence-electron chi connectivity index (χ4n) is 4.06. The van der Waals surface area contributed by atoms with Crippen LogP contribution >= 0.6 is 11.6 Å². The summed E-state index contributed by atoms with van der Waals surface area (Å²) in [6, 6.07) is 8.70. The topological polar surface area (TPSA) is 85.1 Å². The van der Waals surface area contributed by atoms with Crippen molar-refractivity contribution in [3.8, 4) is 11.3 Å². The fraction of sp³-hybridized carbons (Fsp3) is 0.545. The Labute approximate surface area is 177 Å². The minimum absolute atomic E-state index is 0.345. The molecule has 1 saturated heterocycles. The SMILES string of the molecule is NC1CCC(Nc2cc(-c3ccc(Cl)c(NCC4CCOCC4)n3)ccn2)CC1. The van der Waals surface area contributed by atoms with Gasteiger partial charge in [0.15, 0.2) is 0 Å². The van der Waals surface area contributed by atoms with E-state index in [-0.39, 0.29) is 0 Å². The summed E-state index contributed by atoms with van der Waals surface area (Å²) < 4.78 is 5.44. The maximum atomic E-state index is 6.39. The van der Waals surface area contributed by atoms with Crippen molar-refractivity contribution in [2.24, 2.45) is 11.7 Å². The Kier molecular flexibility index (Phi) is 6.85. The Hall–Kier alpha value is -1.89. The lowest BCUT2D eigenvalue weighted by Gasteiger charge is -2.27. The molecule has 0 unspecified atom stereocenters. The second kappa shape index (κ2) is 9.74. The number of nitrogens with zero attached hydrogens (tertiary/aromatic N) is 2. The lowest BCUT2D eigenvalue weighted by molar-refractivity contribution is 0.0699. The van der Waals surface area contributed by atoms with Gasteiger partial charge in [-0.25, -0.2) is 9.97 Å². The number of halogens is 1. The zero-order valence-corrected chi connectivity index (χ0v) is 17.5. The average Bonchev–Trinajstić information content (AvgIpc) is 2.76.